The minimum atomic E-state index is -0.158. The van der Waals surface area contributed by atoms with Crippen molar-refractivity contribution in [3.63, 3.8) is 0 Å². The Hall–Kier alpha value is -1.35. The van der Waals surface area contributed by atoms with Gasteiger partial charge < -0.3 is 9.88 Å². The number of hydrogen-bond acceptors (Lipinski definition) is 1. The van der Waals surface area contributed by atoms with Crippen LogP contribution in [-0.2, 0) is 6.54 Å². The van der Waals surface area contributed by atoms with Crippen LogP contribution in [0.2, 0.25) is 0 Å². The van der Waals surface area contributed by atoms with Gasteiger partial charge in [-0.25, -0.2) is 4.39 Å². The van der Waals surface area contributed by atoms with Crippen LogP contribution >= 0.6 is 0 Å². The fraction of sp³-hybridized carbons (Fsp3) is 0.467. The Morgan fingerprint density at radius 2 is 2.11 bits per heavy atom. The lowest BCUT2D eigenvalue weighted by molar-refractivity contribution is 0.575. The molecule has 1 heterocycles. The number of unbranched alkanes of at least 4 members (excludes halogenated alkanes) is 1. The molecule has 96 valence electrons. The molecule has 18 heavy (non-hydrogen) atoms. The number of aryl methyl sites for hydroxylation is 1. The van der Waals surface area contributed by atoms with Crippen LogP contribution < -0.4 is 5.32 Å². The first kappa shape index (κ1) is 11.7. The van der Waals surface area contributed by atoms with E-state index in [1.54, 1.807) is 6.07 Å². The highest BCUT2D eigenvalue weighted by atomic mass is 19.1. The van der Waals surface area contributed by atoms with Crippen LogP contribution in [0.5, 0.6) is 0 Å². The van der Waals surface area contributed by atoms with Crippen LogP contribution in [0.15, 0.2) is 30.5 Å². The molecule has 0 aliphatic heterocycles. The van der Waals surface area contributed by atoms with E-state index in [2.05, 4.69) is 16.1 Å². The number of nitrogens with zero attached hydrogens (tertiary/aromatic N) is 1. The van der Waals surface area contributed by atoms with Gasteiger partial charge in [-0.3, -0.25) is 0 Å². The molecule has 1 aromatic carbocycles. The molecule has 0 spiro atoms. The van der Waals surface area contributed by atoms with Gasteiger partial charge in [-0.2, -0.15) is 0 Å². The summed E-state index contributed by atoms with van der Waals surface area (Å²) in [5.74, 6) is -0.158. The zero-order valence-corrected chi connectivity index (χ0v) is 10.5. The monoisotopic (exact) mass is 246 g/mol. The van der Waals surface area contributed by atoms with Gasteiger partial charge in [0.05, 0.1) is 0 Å². The lowest BCUT2D eigenvalue weighted by Gasteiger charge is -2.06. The Morgan fingerprint density at radius 1 is 1.22 bits per heavy atom. The summed E-state index contributed by atoms with van der Waals surface area (Å²) in [4.78, 5) is 0. The largest absolute Gasteiger partial charge is 0.347 e. The van der Waals surface area contributed by atoms with Crippen LogP contribution in [0.1, 0.15) is 25.7 Å². The number of halogens is 1. The number of aromatic nitrogens is 1. The van der Waals surface area contributed by atoms with Gasteiger partial charge in [0.2, 0.25) is 0 Å². The Kier molecular flexibility index (Phi) is 3.33. The minimum absolute atomic E-state index is 0.158. The fourth-order valence-corrected chi connectivity index (χ4v) is 2.37. The maximum Gasteiger partial charge on any atom is 0.123 e. The Morgan fingerprint density at radius 3 is 2.94 bits per heavy atom. The van der Waals surface area contributed by atoms with Gasteiger partial charge in [0.15, 0.2) is 0 Å². The second kappa shape index (κ2) is 5.11. The van der Waals surface area contributed by atoms with Gasteiger partial charge in [0.1, 0.15) is 5.82 Å². The van der Waals surface area contributed by atoms with E-state index in [9.17, 15) is 4.39 Å². The predicted molar refractivity (Wildman–Crippen MR) is 72.2 cm³/mol. The number of fused-ring (bicyclic) bond motifs is 1. The SMILES string of the molecule is Fc1ccc2c(ccn2CCCCNC2CC2)c1. The third kappa shape index (κ3) is 2.72. The average molecular weight is 246 g/mol. The Bertz CT molecular complexity index is 528. The molecule has 3 rings (SSSR count). The molecular formula is C15H19FN2. The van der Waals surface area contributed by atoms with E-state index in [1.807, 2.05) is 12.1 Å². The third-order valence-electron chi connectivity index (χ3n) is 3.57. The first-order valence-electron chi connectivity index (χ1n) is 6.81. The molecule has 0 bridgehead atoms. The van der Waals surface area contributed by atoms with E-state index < -0.39 is 0 Å². The molecule has 0 radical (unpaired) electrons. The van der Waals surface area contributed by atoms with Crippen molar-refractivity contribution in [2.75, 3.05) is 6.54 Å². The Labute approximate surface area is 107 Å². The highest BCUT2D eigenvalue weighted by Gasteiger charge is 2.19. The van der Waals surface area contributed by atoms with Gasteiger partial charge in [0, 0.05) is 29.7 Å². The van der Waals surface area contributed by atoms with Crippen LogP contribution in [-0.4, -0.2) is 17.2 Å². The average Bonchev–Trinajstić information content (AvgIpc) is 3.10. The van der Waals surface area contributed by atoms with Crippen molar-refractivity contribution >= 4 is 10.9 Å². The molecule has 1 fully saturated rings. The molecule has 1 N–H and O–H groups in total. The van der Waals surface area contributed by atoms with Crippen molar-refractivity contribution < 1.29 is 4.39 Å². The van der Waals surface area contributed by atoms with Gasteiger partial charge in [-0.05, 0) is 56.5 Å². The molecule has 1 aliphatic carbocycles. The van der Waals surface area contributed by atoms with Crippen LogP contribution in [0.4, 0.5) is 4.39 Å². The van der Waals surface area contributed by atoms with Crippen molar-refractivity contribution in [2.45, 2.75) is 38.3 Å². The van der Waals surface area contributed by atoms with Gasteiger partial charge in [-0.15, -0.1) is 0 Å². The van der Waals surface area contributed by atoms with Crippen LogP contribution in [0.3, 0.4) is 0 Å². The first-order valence-corrected chi connectivity index (χ1v) is 6.81. The number of rotatable bonds is 6. The summed E-state index contributed by atoms with van der Waals surface area (Å²) < 4.78 is 15.3. The maximum absolute atomic E-state index is 13.1. The topological polar surface area (TPSA) is 17.0 Å². The number of benzene rings is 1. The molecule has 3 heteroatoms. The molecule has 2 nitrogen and oxygen atoms in total. The van der Waals surface area contributed by atoms with Crippen LogP contribution in [0, 0.1) is 5.82 Å². The molecule has 0 amide bonds. The van der Waals surface area contributed by atoms with Crippen molar-refractivity contribution in [1.29, 1.82) is 0 Å². The summed E-state index contributed by atoms with van der Waals surface area (Å²) in [6, 6.07) is 7.79. The van der Waals surface area contributed by atoms with Gasteiger partial charge >= 0.3 is 0 Å². The quantitative estimate of drug-likeness (QED) is 0.774. The van der Waals surface area contributed by atoms with E-state index in [-0.39, 0.29) is 5.82 Å². The molecular weight excluding hydrogens is 227 g/mol. The molecule has 2 aromatic rings. The smallest absolute Gasteiger partial charge is 0.123 e. The first-order chi connectivity index (χ1) is 8.83. The predicted octanol–water partition coefficient (Wildman–Crippen LogP) is 3.31. The fourth-order valence-electron chi connectivity index (χ4n) is 2.37. The summed E-state index contributed by atoms with van der Waals surface area (Å²) in [6.07, 6.45) is 7.14. The van der Waals surface area contributed by atoms with Crippen molar-refractivity contribution in [3.05, 3.63) is 36.3 Å². The second-order valence-electron chi connectivity index (χ2n) is 5.15. The zero-order valence-electron chi connectivity index (χ0n) is 10.5. The molecule has 0 saturated heterocycles. The number of nitrogens with one attached hydrogen (secondary N) is 1. The van der Waals surface area contributed by atoms with E-state index in [0.29, 0.717) is 0 Å². The molecule has 0 unspecified atom stereocenters. The van der Waals surface area contributed by atoms with E-state index in [4.69, 9.17) is 0 Å². The van der Waals surface area contributed by atoms with Crippen molar-refractivity contribution in [3.8, 4) is 0 Å². The van der Waals surface area contributed by atoms with E-state index in [1.165, 1.54) is 31.7 Å². The van der Waals surface area contributed by atoms with Crippen LogP contribution in [0.25, 0.3) is 10.9 Å². The molecule has 1 aromatic heterocycles. The second-order valence-corrected chi connectivity index (χ2v) is 5.15. The highest BCUT2D eigenvalue weighted by Crippen LogP contribution is 2.19. The van der Waals surface area contributed by atoms with Crippen molar-refractivity contribution in [1.82, 2.24) is 9.88 Å². The van der Waals surface area contributed by atoms with Crippen molar-refractivity contribution in [2.24, 2.45) is 0 Å². The molecule has 1 aliphatic rings. The zero-order chi connectivity index (χ0) is 12.4. The normalized spacial score (nSPS) is 15.4. The standard InChI is InChI=1S/C15H19FN2/c16-13-3-6-15-12(11-13)7-10-18(15)9-2-1-8-17-14-4-5-14/h3,6-7,10-11,14,17H,1-2,4-5,8-9H2. The minimum Gasteiger partial charge on any atom is -0.347 e. The summed E-state index contributed by atoms with van der Waals surface area (Å²) in [6.45, 7) is 2.14. The summed E-state index contributed by atoms with van der Waals surface area (Å²) in [5.41, 5.74) is 1.13. The van der Waals surface area contributed by atoms with E-state index in [0.717, 1.165) is 30.0 Å². The molecule has 1 saturated carbocycles. The third-order valence-corrected chi connectivity index (χ3v) is 3.57. The summed E-state index contributed by atoms with van der Waals surface area (Å²) in [5, 5.41) is 4.51. The highest BCUT2D eigenvalue weighted by molar-refractivity contribution is 5.80. The lowest BCUT2D eigenvalue weighted by atomic mass is 10.2. The summed E-state index contributed by atoms with van der Waals surface area (Å²) in [7, 11) is 0. The lowest BCUT2D eigenvalue weighted by Crippen LogP contribution is -2.17. The molecule has 0 atom stereocenters. The number of hydrogen-bond donors (Lipinski definition) is 1. The maximum atomic E-state index is 13.1. The summed E-state index contributed by atoms with van der Waals surface area (Å²) >= 11 is 0. The van der Waals surface area contributed by atoms with E-state index >= 15 is 0 Å². The van der Waals surface area contributed by atoms with Gasteiger partial charge in [0.25, 0.3) is 0 Å². The Balaban J connectivity index is 1.53. The van der Waals surface area contributed by atoms with Gasteiger partial charge in [-0.1, -0.05) is 0 Å².